The van der Waals surface area contributed by atoms with Crippen LogP contribution in [0.4, 0.5) is 0 Å². The monoisotopic (exact) mass is 427 g/mol. The largest absolute Gasteiger partial charge is 0.462 e. The molecule has 3 heterocycles. The number of rotatable bonds is 6. The molecule has 0 radical (unpaired) electrons. The maximum Gasteiger partial charge on any atom is 0.350 e. The molecular weight excluding hydrogens is 402 g/mol. The first-order valence-corrected chi connectivity index (χ1v) is 9.86. The molecule has 2 aromatic rings. The second-order valence-electron chi connectivity index (χ2n) is 6.74. The van der Waals surface area contributed by atoms with Crippen molar-refractivity contribution in [2.45, 2.75) is 32.7 Å². The number of aromatic nitrogens is 3. The van der Waals surface area contributed by atoms with Gasteiger partial charge in [0, 0.05) is 32.3 Å². The summed E-state index contributed by atoms with van der Waals surface area (Å²) in [5.41, 5.74) is 1.69. The number of carbonyl (C=O) groups is 2. The van der Waals surface area contributed by atoms with Crippen molar-refractivity contribution in [3.8, 4) is 0 Å². The van der Waals surface area contributed by atoms with Crippen LogP contribution in [0.5, 0.6) is 0 Å². The van der Waals surface area contributed by atoms with Crippen molar-refractivity contribution in [2.75, 3.05) is 19.7 Å². The number of halogens is 1. The molecule has 1 aliphatic rings. The third-order valence-electron chi connectivity index (χ3n) is 4.71. The second kappa shape index (κ2) is 9.49. The molecule has 8 nitrogen and oxygen atoms in total. The van der Waals surface area contributed by atoms with Crippen LogP contribution in [-0.4, -0.2) is 46.3 Å². The van der Waals surface area contributed by atoms with Gasteiger partial charge in [-0.2, -0.15) is 5.10 Å². The van der Waals surface area contributed by atoms with E-state index in [2.05, 4.69) is 20.7 Å². The fraction of sp³-hybridized carbons (Fsp3) is 0.556. The van der Waals surface area contributed by atoms with Crippen molar-refractivity contribution in [2.24, 2.45) is 13.0 Å². The Morgan fingerprint density at radius 3 is 2.86 bits per heavy atom. The molecule has 3 rings (SSSR count). The third-order valence-corrected chi connectivity index (χ3v) is 6.03. The Bertz CT molecular complexity index is 837. The van der Waals surface area contributed by atoms with Crippen molar-refractivity contribution < 1.29 is 14.3 Å². The summed E-state index contributed by atoms with van der Waals surface area (Å²) in [7, 11) is 1.87. The van der Waals surface area contributed by atoms with E-state index in [0.717, 1.165) is 12.1 Å². The summed E-state index contributed by atoms with van der Waals surface area (Å²) in [6.45, 7) is 7.13. The van der Waals surface area contributed by atoms with Crippen LogP contribution in [0.25, 0.3) is 0 Å². The first kappa shape index (κ1) is 22.3. The standard InChI is InChI=1S/C18H25N5O3S.ClH/c1-5-26-18(25)15-10(2)22-17(27-15)11(3)21-16(24)14-8-19-7-13(14)12-6-20-23(4)9-12;/h6,9,11,13-14,19H,5,7-8H2,1-4H3,(H,21,24);1H/t11?,13-,14+;/m1./s1. The van der Waals surface area contributed by atoms with Gasteiger partial charge in [-0.25, -0.2) is 9.78 Å². The molecule has 3 atom stereocenters. The van der Waals surface area contributed by atoms with E-state index < -0.39 is 0 Å². The van der Waals surface area contributed by atoms with E-state index in [1.54, 1.807) is 18.5 Å². The molecule has 1 saturated heterocycles. The first-order chi connectivity index (χ1) is 12.9. The number of hydrogen-bond donors (Lipinski definition) is 2. The lowest BCUT2D eigenvalue weighted by Gasteiger charge is -2.19. The molecule has 0 bridgehead atoms. The lowest BCUT2D eigenvalue weighted by atomic mass is 9.90. The summed E-state index contributed by atoms with van der Waals surface area (Å²) in [5.74, 6) is -0.456. The molecule has 1 fully saturated rings. The van der Waals surface area contributed by atoms with E-state index in [1.807, 2.05) is 26.4 Å². The minimum absolute atomic E-state index is 0. The highest BCUT2D eigenvalue weighted by Crippen LogP contribution is 2.29. The highest BCUT2D eigenvalue weighted by atomic mass is 35.5. The van der Waals surface area contributed by atoms with Crippen LogP contribution in [0.3, 0.4) is 0 Å². The molecule has 10 heteroatoms. The van der Waals surface area contributed by atoms with Crippen molar-refractivity contribution in [3.63, 3.8) is 0 Å². The number of carbonyl (C=O) groups excluding carboxylic acids is 2. The quantitative estimate of drug-likeness (QED) is 0.684. The minimum Gasteiger partial charge on any atom is -0.462 e. The number of amides is 1. The SMILES string of the molecule is CCOC(=O)c1sc(C(C)NC(=O)[C@H]2CNC[C@@H]2c2cnn(C)c2)nc1C.Cl. The molecule has 0 aromatic carbocycles. The van der Waals surface area contributed by atoms with Gasteiger partial charge in [0.15, 0.2) is 0 Å². The van der Waals surface area contributed by atoms with E-state index in [0.29, 0.717) is 28.7 Å². The van der Waals surface area contributed by atoms with Crippen molar-refractivity contribution in [3.05, 3.63) is 33.5 Å². The molecule has 0 aliphatic carbocycles. The summed E-state index contributed by atoms with van der Waals surface area (Å²) in [5, 5.41) is 11.3. The number of aryl methyl sites for hydroxylation is 2. The van der Waals surface area contributed by atoms with Gasteiger partial charge in [-0.3, -0.25) is 9.48 Å². The van der Waals surface area contributed by atoms with Gasteiger partial charge in [0.05, 0.1) is 30.5 Å². The summed E-state index contributed by atoms with van der Waals surface area (Å²) >= 11 is 1.27. The highest BCUT2D eigenvalue weighted by Gasteiger charge is 2.35. The Balaban J connectivity index is 0.00000280. The smallest absolute Gasteiger partial charge is 0.350 e. The predicted octanol–water partition coefficient (Wildman–Crippen LogP) is 1.96. The topological polar surface area (TPSA) is 98.1 Å². The highest BCUT2D eigenvalue weighted by molar-refractivity contribution is 7.13. The molecular formula is C18H26ClN5O3S. The molecule has 2 N–H and O–H groups in total. The van der Waals surface area contributed by atoms with Crippen LogP contribution < -0.4 is 10.6 Å². The van der Waals surface area contributed by atoms with E-state index in [4.69, 9.17) is 4.74 Å². The van der Waals surface area contributed by atoms with Crippen LogP contribution in [0, 0.1) is 12.8 Å². The van der Waals surface area contributed by atoms with Crippen LogP contribution >= 0.6 is 23.7 Å². The molecule has 1 aliphatic heterocycles. The summed E-state index contributed by atoms with van der Waals surface area (Å²) in [4.78, 5) is 29.8. The molecule has 2 aromatic heterocycles. The van der Waals surface area contributed by atoms with Gasteiger partial charge in [-0.15, -0.1) is 23.7 Å². The fourth-order valence-electron chi connectivity index (χ4n) is 3.31. The molecule has 154 valence electrons. The summed E-state index contributed by atoms with van der Waals surface area (Å²) in [6.07, 6.45) is 3.77. The Morgan fingerprint density at radius 2 is 2.21 bits per heavy atom. The van der Waals surface area contributed by atoms with E-state index >= 15 is 0 Å². The van der Waals surface area contributed by atoms with Gasteiger partial charge >= 0.3 is 5.97 Å². The predicted molar refractivity (Wildman–Crippen MR) is 109 cm³/mol. The molecule has 1 amide bonds. The van der Waals surface area contributed by atoms with Gasteiger partial charge < -0.3 is 15.4 Å². The van der Waals surface area contributed by atoms with Crippen molar-refractivity contribution >= 4 is 35.6 Å². The zero-order chi connectivity index (χ0) is 19.6. The first-order valence-electron chi connectivity index (χ1n) is 9.04. The average molecular weight is 428 g/mol. The number of ether oxygens (including phenoxy) is 1. The van der Waals surface area contributed by atoms with Gasteiger partial charge in [0.1, 0.15) is 9.88 Å². The normalized spacial score (nSPS) is 19.7. The zero-order valence-electron chi connectivity index (χ0n) is 16.4. The average Bonchev–Trinajstić information content (AvgIpc) is 3.33. The Labute approximate surface area is 174 Å². The van der Waals surface area contributed by atoms with E-state index in [1.165, 1.54) is 11.3 Å². The number of thiazole rings is 1. The Hall–Kier alpha value is -1.97. The Kier molecular flexibility index (Phi) is 7.56. The lowest BCUT2D eigenvalue weighted by Crippen LogP contribution is -2.35. The minimum atomic E-state index is -0.367. The molecule has 28 heavy (non-hydrogen) atoms. The van der Waals surface area contributed by atoms with E-state index in [-0.39, 0.29) is 42.2 Å². The van der Waals surface area contributed by atoms with E-state index in [9.17, 15) is 9.59 Å². The number of nitrogens with one attached hydrogen (secondary N) is 2. The van der Waals surface area contributed by atoms with Crippen LogP contribution in [-0.2, 0) is 16.6 Å². The lowest BCUT2D eigenvalue weighted by molar-refractivity contribution is -0.125. The number of esters is 1. The van der Waals surface area contributed by atoms with Crippen LogP contribution in [0.2, 0.25) is 0 Å². The zero-order valence-corrected chi connectivity index (χ0v) is 18.0. The summed E-state index contributed by atoms with van der Waals surface area (Å²) < 4.78 is 6.81. The molecule has 0 spiro atoms. The van der Waals surface area contributed by atoms with Gasteiger partial charge in [-0.05, 0) is 26.3 Å². The van der Waals surface area contributed by atoms with Gasteiger partial charge in [-0.1, -0.05) is 0 Å². The number of hydrogen-bond acceptors (Lipinski definition) is 7. The maximum atomic E-state index is 12.9. The number of nitrogens with zero attached hydrogens (tertiary/aromatic N) is 3. The second-order valence-corrected chi connectivity index (χ2v) is 7.77. The van der Waals surface area contributed by atoms with Gasteiger partial charge in [0.2, 0.25) is 5.91 Å². The fourth-order valence-corrected chi connectivity index (χ4v) is 4.27. The van der Waals surface area contributed by atoms with Crippen molar-refractivity contribution in [1.82, 2.24) is 25.4 Å². The molecule has 1 unspecified atom stereocenters. The summed E-state index contributed by atoms with van der Waals surface area (Å²) in [6, 6.07) is -0.278. The maximum absolute atomic E-state index is 12.9. The van der Waals surface area contributed by atoms with Crippen molar-refractivity contribution in [1.29, 1.82) is 0 Å². The molecule has 0 saturated carbocycles. The Morgan fingerprint density at radius 1 is 1.46 bits per heavy atom. The van der Waals surface area contributed by atoms with Crippen LogP contribution in [0.15, 0.2) is 12.4 Å². The van der Waals surface area contributed by atoms with Gasteiger partial charge in [0.25, 0.3) is 0 Å². The third kappa shape index (κ3) is 4.71. The van der Waals surface area contributed by atoms with Crippen LogP contribution in [0.1, 0.15) is 51.7 Å².